The molecule has 0 aromatic rings. The fraction of sp³-hybridized carbons (Fsp3) is 0.625. The van der Waals surface area contributed by atoms with Gasteiger partial charge in [-0.25, -0.2) is 17.6 Å². The Kier molecular flexibility index (Phi) is 5.04. The zero-order valence-corrected chi connectivity index (χ0v) is 9.10. The van der Waals surface area contributed by atoms with Crippen LogP contribution in [0.5, 0.6) is 0 Å². The van der Waals surface area contributed by atoms with Gasteiger partial charge in [0.25, 0.3) is 0 Å². The van der Waals surface area contributed by atoms with Crippen LogP contribution in [0.3, 0.4) is 0 Å². The number of allylic oxidation sites excluding steroid dienone is 2. The van der Waals surface area contributed by atoms with Crippen molar-refractivity contribution in [2.45, 2.75) is 30.1 Å². The van der Waals surface area contributed by atoms with Crippen molar-refractivity contribution in [3.63, 3.8) is 0 Å². The Hall–Kier alpha value is -1.43. The summed E-state index contributed by atoms with van der Waals surface area (Å²) >= 11 is 0. The van der Waals surface area contributed by atoms with Crippen LogP contribution in [0.2, 0.25) is 0 Å². The second-order valence-corrected chi connectivity index (χ2v) is 3.43. The first-order valence-corrected chi connectivity index (χ1v) is 4.39. The first-order valence-electron chi connectivity index (χ1n) is 4.39. The van der Waals surface area contributed by atoms with Gasteiger partial charge in [-0.05, 0) is 0 Å². The predicted molar refractivity (Wildman–Crippen MR) is 41.1 cm³/mol. The van der Waals surface area contributed by atoms with Crippen molar-refractivity contribution in [3.05, 3.63) is 11.7 Å². The zero-order valence-electron chi connectivity index (χ0n) is 9.10. The van der Waals surface area contributed by atoms with E-state index in [1.54, 1.807) is 0 Å². The summed E-state index contributed by atoms with van der Waals surface area (Å²) in [6.45, 7) is 0. The molecule has 0 aliphatic rings. The van der Waals surface area contributed by atoms with E-state index in [0.29, 0.717) is 0 Å². The van der Waals surface area contributed by atoms with Gasteiger partial charge >= 0.3 is 30.1 Å². The zero-order chi connectivity index (χ0) is 17.4. The lowest BCUT2D eigenvalue weighted by Gasteiger charge is -2.35. The lowest BCUT2D eigenvalue weighted by molar-refractivity contribution is -0.378. The van der Waals surface area contributed by atoms with Crippen LogP contribution < -0.4 is 0 Å². The minimum atomic E-state index is -7.47. The van der Waals surface area contributed by atoms with Crippen LogP contribution in [0, 0.1) is 0 Å². The highest BCUT2D eigenvalue weighted by Gasteiger charge is 2.84. The number of carbonyl (C=O) groups is 1. The molecular weight excluding hydrogens is 340 g/mol. The molecule has 0 N–H and O–H groups in total. The first-order chi connectivity index (χ1) is 9.09. The van der Waals surface area contributed by atoms with Crippen LogP contribution in [-0.4, -0.2) is 36.4 Å². The number of hydrogen-bond acceptors (Lipinski definition) is 1. The van der Waals surface area contributed by atoms with Crippen molar-refractivity contribution in [2.24, 2.45) is 0 Å². The molecule has 13 heteroatoms. The van der Waals surface area contributed by atoms with E-state index in [9.17, 15) is 57.5 Å². The topological polar surface area (TPSA) is 17.1 Å². The largest absolute Gasteiger partial charge is 0.385 e. The van der Waals surface area contributed by atoms with Crippen LogP contribution >= 0.6 is 0 Å². The molecule has 0 radical (unpaired) electrons. The number of halogens is 12. The van der Waals surface area contributed by atoms with E-state index in [1.165, 1.54) is 0 Å². The minimum Gasteiger partial charge on any atom is -0.295 e. The normalized spacial score (nSPS) is 16.0. The van der Waals surface area contributed by atoms with Gasteiger partial charge in [0, 0.05) is 0 Å². The number of aldehydes is 1. The number of alkyl halides is 10. The second kappa shape index (κ2) is 5.40. The fourth-order valence-corrected chi connectivity index (χ4v) is 0.883. The summed E-state index contributed by atoms with van der Waals surface area (Å²) in [6.07, 6.45) is -6.96. The van der Waals surface area contributed by atoms with E-state index in [2.05, 4.69) is 0 Å². The Balaban J connectivity index is 6.15. The maximum Gasteiger partial charge on any atom is 0.385 e. The highest BCUT2D eigenvalue weighted by molar-refractivity contribution is 5.71. The van der Waals surface area contributed by atoms with Crippen molar-refractivity contribution in [2.75, 3.05) is 0 Å². The van der Waals surface area contributed by atoms with Crippen LogP contribution in [0.1, 0.15) is 0 Å². The van der Waals surface area contributed by atoms with Gasteiger partial charge in [-0.2, -0.15) is 35.1 Å². The van der Waals surface area contributed by atoms with E-state index in [-0.39, 0.29) is 0 Å². The quantitative estimate of drug-likeness (QED) is 0.403. The molecule has 0 atom stereocenters. The number of hydrogen-bond donors (Lipinski definition) is 0. The van der Waals surface area contributed by atoms with E-state index >= 15 is 0 Å². The summed E-state index contributed by atoms with van der Waals surface area (Å²) in [7, 11) is 0. The van der Waals surface area contributed by atoms with E-state index in [1.807, 2.05) is 0 Å². The lowest BCUT2D eigenvalue weighted by Crippen LogP contribution is -2.64. The van der Waals surface area contributed by atoms with Gasteiger partial charge in [0.2, 0.25) is 11.7 Å². The van der Waals surface area contributed by atoms with Crippen LogP contribution in [0.25, 0.3) is 0 Å². The summed E-state index contributed by atoms with van der Waals surface area (Å²) in [6, 6.07) is 0. The highest BCUT2D eigenvalue weighted by atomic mass is 19.4. The van der Waals surface area contributed by atoms with Gasteiger partial charge in [-0.3, -0.25) is 4.79 Å². The molecular formula is C8H2F12O. The van der Waals surface area contributed by atoms with Crippen molar-refractivity contribution < 1.29 is 57.5 Å². The third-order valence-corrected chi connectivity index (χ3v) is 2.07. The molecule has 124 valence electrons. The summed E-state index contributed by atoms with van der Waals surface area (Å²) in [4.78, 5) is 9.57. The first kappa shape index (κ1) is 19.6. The molecule has 0 rings (SSSR count). The van der Waals surface area contributed by atoms with Crippen molar-refractivity contribution >= 4 is 6.29 Å². The summed E-state index contributed by atoms with van der Waals surface area (Å²) < 4.78 is 148. The Morgan fingerprint density at radius 2 is 1.19 bits per heavy atom. The smallest absolute Gasteiger partial charge is 0.295 e. The van der Waals surface area contributed by atoms with Crippen molar-refractivity contribution in [1.29, 1.82) is 0 Å². The van der Waals surface area contributed by atoms with Gasteiger partial charge in [0.05, 0.1) is 0 Å². The number of rotatable bonds is 6. The maximum atomic E-state index is 12.7. The number of carbonyl (C=O) groups excluding carboxylic acids is 1. The van der Waals surface area contributed by atoms with Crippen molar-refractivity contribution in [1.82, 2.24) is 0 Å². The molecule has 0 aliphatic carbocycles. The monoisotopic (exact) mass is 342 g/mol. The Labute approximate surface area is 107 Å². The van der Waals surface area contributed by atoms with Gasteiger partial charge in [0.1, 0.15) is 0 Å². The molecule has 0 aromatic heterocycles. The molecule has 0 aliphatic heterocycles. The van der Waals surface area contributed by atoms with E-state index < -0.39 is 48.1 Å². The van der Waals surface area contributed by atoms with Crippen LogP contribution in [0.15, 0.2) is 11.7 Å². The molecule has 0 saturated heterocycles. The van der Waals surface area contributed by atoms with Crippen LogP contribution in [-0.2, 0) is 4.79 Å². The average Bonchev–Trinajstić information content (AvgIpc) is 2.35. The molecule has 0 bridgehead atoms. The summed E-state index contributed by atoms with van der Waals surface area (Å²) in [5, 5.41) is 0. The third-order valence-electron chi connectivity index (χ3n) is 2.07. The van der Waals surface area contributed by atoms with Gasteiger partial charge < -0.3 is 0 Å². The molecule has 1 nitrogen and oxygen atoms in total. The Morgan fingerprint density at radius 1 is 0.810 bits per heavy atom. The summed E-state index contributed by atoms with van der Waals surface area (Å²) in [5.74, 6) is -36.3. The molecule has 0 heterocycles. The minimum absolute atomic E-state index is 1.44. The van der Waals surface area contributed by atoms with Gasteiger partial charge in [-0.1, -0.05) is 0 Å². The molecule has 0 aromatic carbocycles. The highest BCUT2D eigenvalue weighted by Crippen LogP contribution is 2.56. The molecule has 21 heavy (non-hydrogen) atoms. The van der Waals surface area contributed by atoms with Crippen molar-refractivity contribution in [3.8, 4) is 0 Å². The molecule has 0 unspecified atom stereocenters. The Morgan fingerprint density at radius 3 is 1.48 bits per heavy atom. The van der Waals surface area contributed by atoms with Crippen LogP contribution in [0.4, 0.5) is 52.7 Å². The van der Waals surface area contributed by atoms with Gasteiger partial charge in [0.15, 0.2) is 6.29 Å². The summed E-state index contributed by atoms with van der Waals surface area (Å²) in [5.41, 5.74) is 0. The molecule has 0 saturated carbocycles. The SMILES string of the molecule is O=C/C(F)=C(\F)C(F)(F)C(F)(F)C(F)(F)C(F)(F)C(F)F. The predicted octanol–water partition coefficient (Wildman–Crippen LogP) is 4.14. The second-order valence-electron chi connectivity index (χ2n) is 3.43. The van der Waals surface area contributed by atoms with E-state index in [4.69, 9.17) is 0 Å². The molecule has 0 fully saturated rings. The fourth-order valence-electron chi connectivity index (χ4n) is 0.883. The lowest BCUT2D eigenvalue weighted by atomic mass is 9.97. The molecule has 0 spiro atoms. The van der Waals surface area contributed by atoms with E-state index in [0.717, 1.165) is 0 Å². The average molecular weight is 342 g/mol. The Bertz CT molecular complexity index is 437. The third kappa shape index (κ3) is 2.69. The van der Waals surface area contributed by atoms with Gasteiger partial charge in [-0.15, -0.1) is 0 Å². The molecule has 0 amide bonds. The standard InChI is InChI=1S/C8H2F12O/c9-2(1-21)3(10)5(13,14)7(17,18)8(19,20)6(15,16)4(11)12/h1,4H/b3-2+. The maximum absolute atomic E-state index is 12.7.